The molecular weight excluding hydrogens is 697 g/mol. The number of allylic oxidation sites excluding steroid dienone is 13. The molecule has 0 spiro atoms. The van der Waals surface area contributed by atoms with E-state index in [1.165, 1.54) is 49.5 Å². The third-order valence-electron chi connectivity index (χ3n) is 7.69. The van der Waals surface area contributed by atoms with Crippen LogP contribution in [0.5, 0.6) is 0 Å². The summed E-state index contributed by atoms with van der Waals surface area (Å²) in [5.74, 6) is 0. The predicted molar refractivity (Wildman–Crippen MR) is 149 cm³/mol. The number of rotatable bonds is 2. The van der Waals surface area contributed by atoms with Crippen LogP contribution in [0.2, 0.25) is 4.63 Å². The van der Waals surface area contributed by atoms with Crippen molar-refractivity contribution >= 4 is 23.1 Å². The van der Waals surface area contributed by atoms with E-state index in [0.29, 0.717) is 3.63 Å². The van der Waals surface area contributed by atoms with Crippen molar-refractivity contribution in [2.24, 2.45) is 0 Å². The molecule has 0 heterocycles. The zero-order valence-corrected chi connectivity index (χ0v) is 30.8. The third kappa shape index (κ3) is 8.91. The molecule has 0 aliphatic heterocycles. The average molecular weight is 734 g/mol. The number of halogens is 4. The Morgan fingerprint density at radius 1 is 0.811 bits per heavy atom. The van der Waals surface area contributed by atoms with Crippen molar-refractivity contribution in [2.45, 2.75) is 69.1 Å². The first-order chi connectivity index (χ1) is 16.4. The van der Waals surface area contributed by atoms with Crippen molar-refractivity contribution in [1.29, 1.82) is 0 Å². The van der Waals surface area contributed by atoms with Gasteiger partial charge in [-0.15, -0.1) is 0 Å². The fourth-order valence-electron chi connectivity index (χ4n) is 4.84. The summed E-state index contributed by atoms with van der Waals surface area (Å²) >= 11 is -1.06. The topological polar surface area (TPSA) is 0 Å². The fourth-order valence-corrected chi connectivity index (χ4v) is 9.51. The zero-order chi connectivity index (χ0) is 25.9. The standard InChI is InChI=1S/C16H22.C9H7.C5H5.CH3.4ClH.2Zr/c1-9-7-15(13(5)11(9)3)16-8-10(2)12(4)14(16)6;1-2-5-9-7-3-6-8(9)4-1;1-2-4-5-3-1;;;;;;;/h7-8H2,1-6H3;1-7H;1-3H,4H2;1H3;4*1H;;/q;;;;;;;;2*+2/p-4. The monoisotopic (exact) mass is 729 g/mol. The van der Waals surface area contributed by atoms with Gasteiger partial charge in [-0.2, -0.15) is 0 Å². The third-order valence-corrected chi connectivity index (χ3v) is 15.5. The van der Waals surface area contributed by atoms with E-state index in [-0.39, 0.29) is 24.8 Å². The summed E-state index contributed by atoms with van der Waals surface area (Å²) in [7, 11) is 12.0. The van der Waals surface area contributed by atoms with Gasteiger partial charge in [-0.05, 0) is 87.8 Å². The van der Waals surface area contributed by atoms with Crippen LogP contribution in [-0.2, 0) is 42.6 Å². The van der Waals surface area contributed by atoms with E-state index in [4.69, 9.17) is 17.0 Å². The second kappa shape index (κ2) is 15.4. The summed E-state index contributed by atoms with van der Waals surface area (Å²) < 4.78 is 3.99. The van der Waals surface area contributed by atoms with Crippen LogP contribution in [-0.4, -0.2) is 0 Å². The minimum absolute atomic E-state index is 0. The first-order valence-electron chi connectivity index (χ1n) is 12.4. The average Bonchev–Trinajstić information content (AvgIpc) is 3.59. The maximum absolute atomic E-state index is 6.01. The van der Waals surface area contributed by atoms with Gasteiger partial charge >= 0.3 is 143 Å². The Bertz CT molecular complexity index is 1170. The Morgan fingerprint density at radius 2 is 1.32 bits per heavy atom. The van der Waals surface area contributed by atoms with E-state index in [0.717, 1.165) is 6.42 Å². The number of benzene rings is 1. The maximum atomic E-state index is 6.01. The van der Waals surface area contributed by atoms with Crippen molar-refractivity contribution in [3.8, 4) is 0 Å². The normalized spacial score (nSPS) is 19.8. The molecule has 0 fully saturated rings. The Hall–Kier alpha value is 0.326. The van der Waals surface area contributed by atoms with Crippen molar-refractivity contribution in [2.75, 3.05) is 0 Å². The van der Waals surface area contributed by atoms with Crippen molar-refractivity contribution in [3.05, 3.63) is 108 Å². The molecule has 197 valence electrons. The van der Waals surface area contributed by atoms with Gasteiger partial charge in [0.1, 0.15) is 0 Å². The van der Waals surface area contributed by atoms with Crippen LogP contribution >= 0.6 is 17.0 Å². The van der Waals surface area contributed by atoms with Gasteiger partial charge < -0.3 is 24.8 Å². The van der Waals surface area contributed by atoms with Gasteiger partial charge in [0.25, 0.3) is 0 Å². The number of hydrogen-bond donors (Lipinski definition) is 0. The molecule has 4 aliphatic carbocycles. The zero-order valence-electron chi connectivity index (χ0n) is 22.9. The first-order valence-corrected chi connectivity index (χ1v) is 23.8. The quantitative estimate of drug-likeness (QED) is 0.412. The van der Waals surface area contributed by atoms with Gasteiger partial charge in [-0.3, -0.25) is 0 Å². The molecule has 5 rings (SSSR count). The molecule has 4 aliphatic rings. The van der Waals surface area contributed by atoms with Crippen LogP contribution in [0.3, 0.4) is 0 Å². The molecule has 1 atom stereocenters. The Labute approximate surface area is 264 Å². The molecular formula is C31H37Cl4Zr2. The van der Waals surface area contributed by atoms with Crippen molar-refractivity contribution in [3.63, 3.8) is 0 Å². The van der Waals surface area contributed by atoms with Crippen LogP contribution in [0.4, 0.5) is 0 Å². The van der Waals surface area contributed by atoms with Gasteiger partial charge in [0, 0.05) is 0 Å². The summed E-state index contributed by atoms with van der Waals surface area (Å²) in [5, 5.41) is 0. The summed E-state index contributed by atoms with van der Waals surface area (Å²) in [6, 6.07) is 8.60. The second-order valence-electron chi connectivity index (χ2n) is 10.0. The predicted octanol–water partition coefficient (Wildman–Crippen LogP) is 4.75. The van der Waals surface area contributed by atoms with Gasteiger partial charge in [-0.1, -0.05) is 11.1 Å². The van der Waals surface area contributed by atoms with E-state index in [2.05, 4.69) is 90.1 Å². The molecule has 0 saturated heterocycles. The molecule has 0 radical (unpaired) electrons. The van der Waals surface area contributed by atoms with E-state index in [1.54, 1.807) is 47.0 Å². The number of hydrogen-bond acceptors (Lipinski definition) is 0. The van der Waals surface area contributed by atoms with Crippen LogP contribution in [0, 0.1) is 0 Å². The van der Waals surface area contributed by atoms with E-state index in [1.807, 2.05) is 10.7 Å². The fraction of sp³-hybridized carbons (Fsp3) is 0.355. The van der Waals surface area contributed by atoms with Crippen molar-refractivity contribution < 1.29 is 67.4 Å². The Balaban J connectivity index is 0.000000285. The molecule has 0 bridgehead atoms. The molecule has 1 aromatic rings. The number of fused-ring (bicyclic) bond motifs is 1. The minimum atomic E-state index is -2.65. The molecule has 0 aromatic heterocycles. The molecule has 1 aromatic carbocycles. The van der Waals surface area contributed by atoms with Gasteiger partial charge in [-0.25, -0.2) is 0 Å². The van der Waals surface area contributed by atoms with Gasteiger partial charge in [0.15, 0.2) is 0 Å². The SMILES string of the molecule is CC1=C(C)C(C)=C(C2=C(C)C(C)=C(C)C2)C1.[CH3][Zr]([Cl])([Cl])[C]1=CC=CC1.[Cl-].[Cl-].[Zr+2][CH]1C=Cc2ccccc21. The molecule has 0 nitrogen and oxygen atoms in total. The van der Waals surface area contributed by atoms with E-state index in [9.17, 15) is 0 Å². The molecule has 37 heavy (non-hydrogen) atoms. The van der Waals surface area contributed by atoms with Crippen molar-refractivity contribution in [1.82, 2.24) is 0 Å². The Morgan fingerprint density at radius 3 is 1.68 bits per heavy atom. The molecule has 0 saturated carbocycles. The summed E-state index contributed by atoms with van der Waals surface area (Å²) in [5.41, 5.74) is 15.3. The summed E-state index contributed by atoms with van der Waals surface area (Å²) in [4.78, 5) is 0. The van der Waals surface area contributed by atoms with Gasteiger partial charge in [0.2, 0.25) is 0 Å². The van der Waals surface area contributed by atoms with E-state index >= 15 is 0 Å². The molecule has 1 unspecified atom stereocenters. The van der Waals surface area contributed by atoms with E-state index < -0.39 is 17.9 Å². The molecule has 0 N–H and O–H groups in total. The Kier molecular flexibility index (Phi) is 14.7. The second-order valence-corrected chi connectivity index (χ2v) is 27.6. The van der Waals surface area contributed by atoms with Gasteiger partial charge in [0.05, 0.1) is 0 Å². The molecule has 0 amide bonds. The summed E-state index contributed by atoms with van der Waals surface area (Å²) in [6.07, 6.45) is 14.0. The first kappa shape index (κ1) is 35.4. The summed E-state index contributed by atoms with van der Waals surface area (Å²) in [6.45, 7) is 13.6. The van der Waals surface area contributed by atoms with Crippen LogP contribution < -0.4 is 24.8 Å². The van der Waals surface area contributed by atoms with Crippen LogP contribution in [0.1, 0.15) is 75.6 Å². The molecule has 6 heteroatoms. The van der Waals surface area contributed by atoms with Crippen LogP contribution in [0.15, 0.2) is 96.4 Å². The van der Waals surface area contributed by atoms with Crippen LogP contribution in [0.25, 0.3) is 6.08 Å².